The Morgan fingerprint density at radius 1 is 1.29 bits per heavy atom. The SMILES string of the molecule is O=C(CC1CCCN1)NC(c1ccccc1)c1cccs1. The highest BCUT2D eigenvalue weighted by Gasteiger charge is 2.21. The second kappa shape index (κ2) is 6.87. The van der Waals surface area contributed by atoms with Crippen molar-refractivity contribution in [2.75, 3.05) is 6.54 Å². The summed E-state index contributed by atoms with van der Waals surface area (Å²) in [5.74, 6) is 0.122. The van der Waals surface area contributed by atoms with Crippen LogP contribution >= 0.6 is 11.3 Å². The Hall–Kier alpha value is -1.65. The molecule has 4 heteroatoms. The highest BCUT2D eigenvalue weighted by atomic mass is 32.1. The molecule has 0 spiro atoms. The minimum atomic E-state index is -0.0416. The molecule has 0 radical (unpaired) electrons. The summed E-state index contributed by atoms with van der Waals surface area (Å²) in [7, 11) is 0. The third kappa shape index (κ3) is 3.71. The van der Waals surface area contributed by atoms with Crippen molar-refractivity contribution in [1.29, 1.82) is 0 Å². The molecule has 1 saturated heterocycles. The van der Waals surface area contributed by atoms with E-state index < -0.39 is 0 Å². The average molecular weight is 300 g/mol. The molecule has 3 rings (SSSR count). The van der Waals surface area contributed by atoms with E-state index in [1.165, 1.54) is 11.3 Å². The van der Waals surface area contributed by atoms with Gasteiger partial charge < -0.3 is 10.6 Å². The van der Waals surface area contributed by atoms with Crippen LogP contribution in [0.15, 0.2) is 47.8 Å². The molecular formula is C17H20N2OS. The van der Waals surface area contributed by atoms with Gasteiger partial charge in [0.15, 0.2) is 0 Å². The zero-order valence-corrected chi connectivity index (χ0v) is 12.7. The van der Waals surface area contributed by atoms with Gasteiger partial charge in [0, 0.05) is 17.3 Å². The number of rotatable bonds is 5. The molecule has 1 amide bonds. The Bertz CT molecular complexity index is 562. The van der Waals surface area contributed by atoms with Gasteiger partial charge in [0.1, 0.15) is 0 Å². The lowest BCUT2D eigenvalue weighted by Gasteiger charge is -2.19. The highest BCUT2D eigenvalue weighted by molar-refractivity contribution is 7.10. The van der Waals surface area contributed by atoms with Gasteiger partial charge in [-0.05, 0) is 36.4 Å². The second-order valence-corrected chi connectivity index (χ2v) is 6.40. The lowest BCUT2D eigenvalue weighted by Crippen LogP contribution is -2.34. The van der Waals surface area contributed by atoms with Gasteiger partial charge in [-0.1, -0.05) is 36.4 Å². The van der Waals surface area contributed by atoms with Gasteiger partial charge in [-0.15, -0.1) is 11.3 Å². The molecule has 1 aromatic heterocycles. The number of benzene rings is 1. The largest absolute Gasteiger partial charge is 0.344 e. The van der Waals surface area contributed by atoms with Crippen molar-refractivity contribution < 1.29 is 4.79 Å². The van der Waals surface area contributed by atoms with Crippen LogP contribution in [-0.4, -0.2) is 18.5 Å². The number of amides is 1. The van der Waals surface area contributed by atoms with Gasteiger partial charge in [0.2, 0.25) is 5.91 Å². The number of thiophene rings is 1. The summed E-state index contributed by atoms with van der Waals surface area (Å²) in [5.41, 5.74) is 1.13. The van der Waals surface area contributed by atoms with Gasteiger partial charge >= 0.3 is 0 Å². The lowest BCUT2D eigenvalue weighted by molar-refractivity contribution is -0.122. The van der Waals surface area contributed by atoms with E-state index in [0.717, 1.165) is 18.5 Å². The smallest absolute Gasteiger partial charge is 0.222 e. The van der Waals surface area contributed by atoms with Crippen molar-refractivity contribution in [1.82, 2.24) is 10.6 Å². The maximum Gasteiger partial charge on any atom is 0.222 e. The third-order valence-electron chi connectivity index (χ3n) is 3.86. The van der Waals surface area contributed by atoms with E-state index in [1.807, 2.05) is 24.3 Å². The Kier molecular flexibility index (Phi) is 4.68. The number of carbonyl (C=O) groups is 1. The van der Waals surface area contributed by atoms with Crippen LogP contribution in [0.4, 0.5) is 0 Å². The van der Waals surface area contributed by atoms with Gasteiger partial charge in [0.25, 0.3) is 0 Å². The number of nitrogens with one attached hydrogen (secondary N) is 2. The van der Waals surface area contributed by atoms with E-state index in [9.17, 15) is 4.79 Å². The van der Waals surface area contributed by atoms with E-state index in [-0.39, 0.29) is 11.9 Å². The third-order valence-corrected chi connectivity index (χ3v) is 4.80. The first-order chi connectivity index (χ1) is 10.3. The Morgan fingerprint density at radius 3 is 2.81 bits per heavy atom. The van der Waals surface area contributed by atoms with Crippen LogP contribution in [0.5, 0.6) is 0 Å². The molecule has 1 aliphatic rings. The molecule has 0 bridgehead atoms. The topological polar surface area (TPSA) is 41.1 Å². The van der Waals surface area contributed by atoms with Crippen molar-refractivity contribution in [2.45, 2.75) is 31.3 Å². The monoisotopic (exact) mass is 300 g/mol. The molecule has 0 saturated carbocycles. The minimum absolute atomic E-state index is 0.0416. The first-order valence-electron chi connectivity index (χ1n) is 7.44. The summed E-state index contributed by atoms with van der Waals surface area (Å²) in [6.45, 7) is 1.03. The second-order valence-electron chi connectivity index (χ2n) is 5.42. The van der Waals surface area contributed by atoms with Crippen molar-refractivity contribution in [2.24, 2.45) is 0 Å². The van der Waals surface area contributed by atoms with Crippen LogP contribution in [-0.2, 0) is 4.79 Å². The van der Waals surface area contributed by atoms with Gasteiger partial charge in [-0.3, -0.25) is 4.79 Å². The molecule has 110 valence electrons. The van der Waals surface area contributed by atoms with Crippen LogP contribution in [0.1, 0.15) is 35.7 Å². The minimum Gasteiger partial charge on any atom is -0.344 e. The standard InChI is InChI=1S/C17H20N2OS/c20-16(12-14-8-4-10-18-14)19-17(15-9-5-11-21-15)13-6-2-1-3-7-13/h1-3,5-7,9,11,14,17-18H,4,8,10,12H2,(H,19,20). The molecule has 2 N–H and O–H groups in total. The average Bonchev–Trinajstić information content (AvgIpc) is 3.19. The van der Waals surface area contributed by atoms with Gasteiger partial charge in [-0.2, -0.15) is 0 Å². The first-order valence-corrected chi connectivity index (χ1v) is 8.32. The summed E-state index contributed by atoms with van der Waals surface area (Å²) in [4.78, 5) is 13.5. The predicted molar refractivity (Wildman–Crippen MR) is 86.4 cm³/mol. The van der Waals surface area contributed by atoms with E-state index >= 15 is 0 Å². The van der Waals surface area contributed by atoms with Crippen molar-refractivity contribution in [3.05, 3.63) is 58.3 Å². The quantitative estimate of drug-likeness (QED) is 0.891. The fraction of sp³-hybridized carbons (Fsp3) is 0.353. The molecule has 2 heterocycles. The van der Waals surface area contributed by atoms with Crippen molar-refractivity contribution >= 4 is 17.2 Å². The zero-order chi connectivity index (χ0) is 14.5. The number of carbonyl (C=O) groups excluding carboxylic acids is 1. The lowest BCUT2D eigenvalue weighted by atomic mass is 10.0. The number of hydrogen-bond donors (Lipinski definition) is 2. The van der Waals surface area contributed by atoms with Gasteiger partial charge in [-0.25, -0.2) is 0 Å². The maximum absolute atomic E-state index is 12.3. The van der Waals surface area contributed by atoms with Crippen LogP contribution in [0.25, 0.3) is 0 Å². The normalized spacial score (nSPS) is 19.3. The fourth-order valence-corrected chi connectivity index (χ4v) is 3.60. The van der Waals surface area contributed by atoms with Crippen LogP contribution in [0.2, 0.25) is 0 Å². The molecule has 3 nitrogen and oxygen atoms in total. The Labute approximate surface area is 129 Å². The molecule has 2 unspecified atom stereocenters. The van der Waals surface area contributed by atoms with E-state index in [2.05, 4.69) is 34.2 Å². The molecule has 0 aliphatic carbocycles. The molecular weight excluding hydrogens is 280 g/mol. The van der Waals surface area contributed by atoms with Gasteiger partial charge in [0.05, 0.1) is 6.04 Å². The van der Waals surface area contributed by atoms with Crippen LogP contribution in [0, 0.1) is 0 Å². The number of hydrogen-bond acceptors (Lipinski definition) is 3. The summed E-state index contributed by atoms with van der Waals surface area (Å²) < 4.78 is 0. The molecule has 2 atom stereocenters. The molecule has 21 heavy (non-hydrogen) atoms. The fourth-order valence-electron chi connectivity index (χ4n) is 2.79. The van der Waals surface area contributed by atoms with Crippen LogP contribution in [0.3, 0.4) is 0 Å². The van der Waals surface area contributed by atoms with E-state index in [0.29, 0.717) is 12.5 Å². The summed E-state index contributed by atoms with van der Waals surface area (Å²) >= 11 is 1.68. The summed E-state index contributed by atoms with van der Waals surface area (Å²) in [5, 5.41) is 8.62. The highest BCUT2D eigenvalue weighted by Crippen LogP contribution is 2.26. The zero-order valence-electron chi connectivity index (χ0n) is 11.9. The first kappa shape index (κ1) is 14.3. The molecule has 1 aliphatic heterocycles. The van der Waals surface area contributed by atoms with Crippen LogP contribution < -0.4 is 10.6 Å². The summed E-state index contributed by atoms with van der Waals surface area (Å²) in [6.07, 6.45) is 2.84. The predicted octanol–water partition coefficient (Wildman–Crippen LogP) is 3.10. The van der Waals surface area contributed by atoms with Crippen molar-refractivity contribution in [3.8, 4) is 0 Å². The maximum atomic E-state index is 12.3. The summed E-state index contributed by atoms with van der Waals surface area (Å²) in [6, 6.07) is 14.6. The van der Waals surface area contributed by atoms with E-state index in [1.54, 1.807) is 11.3 Å². The molecule has 1 aromatic carbocycles. The molecule has 2 aromatic rings. The van der Waals surface area contributed by atoms with Crippen molar-refractivity contribution in [3.63, 3.8) is 0 Å². The Balaban J connectivity index is 1.72. The Morgan fingerprint density at radius 2 is 2.14 bits per heavy atom. The molecule has 1 fully saturated rings. The van der Waals surface area contributed by atoms with E-state index in [4.69, 9.17) is 0 Å².